The van der Waals surface area contributed by atoms with Crippen molar-refractivity contribution in [1.82, 2.24) is 15.5 Å². The summed E-state index contributed by atoms with van der Waals surface area (Å²) in [6, 6.07) is 15.4. The molecule has 2 aliphatic heterocycles. The molecule has 0 aliphatic carbocycles. The maximum Gasteiger partial charge on any atom is 0.237 e. The van der Waals surface area contributed by atoms with E-state index in [0.29, 0.717) is 5.92 Å². The van der Waals surface area contributed by atoms with Crippen molar-refractivity contribution in [1.29, 1.82) is 0 Å². The van der Waals surface area contributed by atoms with Crippen molar-refractivity contribution in [2.24, 2.45) is 5.92 Å². The van der Waals surface area contributed by atoms with Crippen LogP contribution in [0.2, 0.25) is 0 Å². The second-order valence-electron chi connectivity index (χ2n) is 7.82. The Labute approximate surface area is 168 Å². The predicted octanol–water partition coefficient (Wildman–Crippen LogP) is 3.34. The summed E-state index contributed by atoms with van der Waals surface area (Å²) in [5.41, 5.74) is 1.38. The highest BCUT2D eigenvalue weighted by molar-refractivity contribution is 5.85. The number of carbonyl (C=O) groups is 1. The molecule has 1 amide bonds. The first kappa shape index (κ1) is 20.1. The predicted molar refractivity (Wildman–Crippen MR) is 113 cm³/mol. The van der Waals surface area contributed by atoms with Crippen LogP contribution in [0.25, 0.3) is 10.8 Å². The Morgan fingerprint density at radius 3 is 2.78 bits per heavy atom. The quantitative estimate of drug-likeness (QED) is 0.827. The third-order valence-electron chi connectivity index (χ3n) is 5.76. The Hall–Kier alpha value is -1.62. The first-order chi connectivity index (χ1) is 12.8. The van der Waals surface area contributed by atoms with Gasteiger partial charge in [0.15, 0.2) is 0 Å². The largest absolute Gasteiger partial charge is 0.354 e. The number of likely N-dealkylation sites (tertiary alicyclic amines) is 1. The first-order valence-corrected chi connectivity index (χ1v) is 9.99. The van der Waals surface area contributed by atoms with Crippen molar-refractivity contribution in [2.45, 2.75) is 38.3 Å². The van der Waals surface area contributed by atoms with Crippen LogP contribution in [0.3, 0.4) is 0 Å². The summed E-state index contributed by atoms with van der Waals surface area (Å²) in [5, 5.41) is 9.07. The second-order valence-corrected chi connectivity index (χ2v) is 7.82. The number of rotatable bonds is 5. The maximum atomic E-state index is 12.2. The number of benzene rings is 2. The molecular formula is C22H30ClN3O. The van der Waals surface area contributed by atoms with Crippen LogP contribution in [0.15, 0.2) is 42.5 Å². The molecule has 2 saturated heterocycles. The van der Waals surface area contributed by atoms with E-state index in [0.717, 1.165) is 45.6 Å². The van der Waals surface area contributed by atoms with Gasteiger partial charge in [0, 0.05) is 19.6 Å². The highest BCUT2D eigenvalue weighted by atomic mass is 35.5. The molecule has 2 aromatic rings. The molecule has 4 nitrogen and oxygen atoms in total. The lowest BCUT2D eigenvalue weighted by Gasteiger charge is -2.33. The van der Waals surface area contributed by atoms with Crippen LogP contribution in [0.4, 0.5) is 0 Å². The fraction of sp³-hybridized carbons (Fsp3) is 0.500. The number of nitrogens with zero attached hydrogens (tertiary/aromatic N) is 1. The summed E-state index contributed by atoms with van der Waals surface area (Å²) >= 11 is 0. The molecule has 2 heterocycles. The van der Waals surface area contributed by atoms with E-state index in [4.69, 9.17) is 0 Å². The fourth-order valence-electron chi connectivity index (χ4n) is 4.33. The number of fused-ring (bicyclic) bond motifs is 1. The van der Waals surface area contributed by atoms with Gasteiger partial charge in [-0.15, -0.1) is 12.4 Å². The van der Waals surface area contributed by atoms with Gasteiger partial charge in [0.25, 0.3) is 0 Å². The van der Waals surface area contributed by atoms with E-state index in [9.17, 15) is 4.79 Å². The summed E-state index contributed by atoms with van der Waals surface area (Å²) in [6.45, 7) is 5.01. The zero-order valence-electron chi connectivity index (χ0n) is 15.8. The second kappa shape index (κ2) is 9.54. The number of amides is 1. The molecule has 2 fully saturated rings. The molecule has 27 heavy (non-hydrogen) atoms. The van der Waals surface area contributed by atoms with E-state index in [-0.39, 0.29) is 24.4 Å². The van der Waals surface area contributed by atoms with Gasteiger partial charge in [0.1, 0.15) is 0 Å². The lowest BCUT2D eigenvalue weighted by Crippen LogP contribution is -2.45. The molecule has 5 heteroatoms. The number of halogens is 1. The van der Waals surface area contributed by atoms with Crippen molar-refractivity contribution in [3.05, 3.63) is 48.0 Å². The van der Waals surface area contributed by atoms with Crippen molar-refractivity contribution >= 4 is 29.1 Å². The van der Waals surface area contributed by atoms with Gasteiger partial charge in [-0.05, 0) is 67.1 Å². The summed E-state index contributed by atoms with van der Waals surface area (Å²) < 4.78 is 0. The average molecular weight is 388 g/mol. The van der Waals surface area contributed by atoms with E-state index in [2.05, 4.69) is 58.0 Å². The van der Waals surface area contributed by atoms with Gasteiger partial charge >= 0.3 is 0 Å². The molecule has 0 saturated carbocycles. The zero-order valence-corrected chi connectivity index (χ0v) is 16.6. The molecule has 2 aliphatic rings. The van der Waals surface area contributed by atoms with Crippen LogP contribution in [-0.4, -0.2) is 43.0 Å². The van der Waals surface area contributed by atoms with E-state index in [1.54, 1.807) is 0 Å². The SMILES string of the molecule is Cl.O=C(NCC1CCCN(Cc2ccc3ccccc3c2)C1)C1CCCN1. The van der Waals surface area contributed by atoms with Gasteiger partial charge in [-0.1, -0.05) is 36.4 Å². The number of hydrogen-bond acceptors (Lipinski definition) is 3. The molecule has 0 spiro atoms. The van der Waals surface area contributed by atoms with Gasteiger partial charge in [-0.25, -0.2) is 0 Å². The molecule has 2 aromatic carbocycles. The van der Waals surface area contributed by atoms with Crippen LogP contribution in [0.5, 0.6) is 0 Å². The van der Waals surface area contributed by atoms with E-state index in [1.807, 2.05) is 0 Å². The molecule has 0 aromatic heterocycles. The van der Waals surface area contributed by atoms with Crippen molar-refractivity contribution in [3.63, 3.8) is 0 Å². The highest BCUT2D eigenvalue weighted by Crippen LogP contribution is 2.21. The molecule has 2 atom stereocenters. The molecule has 0 bridgehead atoms. The summed E-state index contributed by atoms with van der Waals surface area (Å²) in [7, 11) is 0. The monoisotopic (exact) mass is 387 g/mol. The third kappa shape index (κ3) is 5.22. The number of nitrogens with one attached hydrogen (secondary N) is 2. The number of piperidine rings is 1. The number of hydrogen-bond donors (Lipinski definition) is 2. The number of carbonyl (C=O) groups excluding carboxylic acids is 1. The van der Waals surface area contributed by atoms with E-state index >= 15 is 0 Å². The van der Waals surface area contributed by atoms with Crippen molar-refractivity contribution in [2.75, 3.05) is 26.2 Å². The Kier molecular flexibility index (Phi) is 7.11. The Morgan fingerprint density at radius 2 is 1.96 bits per heavy atom. The minimum absolute atomic E-state index is 0. The van der Waals surface area contributed by atoms with Crippen LogP contribution in [-0.2, 0) is 11.3 Å². The van der Waals surface area contributed by atoms with Gasteiger partial charge in [0.2, 0.25) is 5.91 Å². The average Bonchev–Trinajstić information content (AvgIpc) is 3.21. The Bertz CT molecular complexity index is 760. The Morgan fingerprint density at radius 1 is 1.11 bits per heavy atom. The normalized spacial score (nSPS) is 23.1. The van der Waals surface area contributed by atoms with E-state index < -0.39 is 0 Å². The summed E-state index contributed by atoms with van der Waals surface area (Å²) in [4.78, 5) is 14.7. The topological polar surface area (TPSA) is 44.4 Å². The van der Waals surface area contributed by atoms with Crippen LogP contribution in [0.1, 0.15) is 31.2 Å². The van der Waals surface area contributed by atoms with Crippen molar-refractivity contribution < 1.29 is 4.79 Å². The van der Waals surface area contributed by atoms with Gasteiger partial charge < -0.3 is 10.6 Å². The van der Waals surface area contributed by atoms with E-state index in [1.165, 1.54) is 29.2 Å². The summed E-state index contributed by atoms with van der Waals surface area (Å²) in [5.74, 6) is 0.753. The lowest BCUT2D eigenvalue weighted by atomic mass is 9.97. The molecule has 2 unspecified atom stereocenters. The lowest BCUT2D eigenvalue weighted by molar-refractivity contribution is -0.123. The molecule has 0 radical (unpaired) electrons. The smallest absolute Gasteiger partial charge is 0.237 e. The third-order valence-corrected chi connectivity index (χ3v) is 5.76. The maximum absolute atomic E-state index is 12.2. The molecule has 146 valence electrons. The van der Waals surface area contributed by atoms with Crippen LogP contribution >= 0.6 is 12.4 Å². The molecule has 2 N–H and O–H groups in total. The van der Waals surface area contributed by atoms with Gasteiger partial charge in [-0.2, -0.15) is 0 Å². The Balaban J connectivity index is 0.00000210. The van der Waals surface area contributed by atoms with Crippen LogP contribution < -0.4 is 10.6 Å². The minimum atomic E-state index is 0. The van der Waals surface area contributed by atoms with Crippen LogP contribution in [0, 0.1) is 5.92 Å². The zero-order chi connectivity index (χ0) is 17.8. The van der Waals surface area contributed by atoms with Gasteiger partial charge in [0.05, 0.1) is 6.04 Å². The first-order valence-electron chi connectivity index (χ1n) is 9.99. The summed E-state index contributed by atoms with van der Waals surface area (Å²) in [6.07, 6.45) is 4.52. The minimum Gasteiger partial charge on any atom is -0.354 e. The standard InChI is InChI=1S/C22H29N3O.ClH/c26-22(21-8-3-11-23-21)24-14-18-5-4-12-25(16-18)15-17-9-10-19-6-1-2-7-20(19)13-17;/h1-2,6-7,9-10,13,18,21,23H,3-5,8,11-12,14-16H2,(H,24,26);1H. The molecular weight excluding hydrogens is 358 g/mol. The highest BCUT2D eigenvalue weighted by Gasteiger charge is 2.24. The molecule has 4 rings (SSSR count). The van der Waals surface area contributed by atoms with Gasteiger partial charge in [-0.3, -0.25) is 9.69 Å². The van der Waals surface area contributed by atoms with Crippen molar-refractivity contribution in [3.8, 4) is 0 Å². The fourth-order valence-corrected chi connectivity index (χ4v) is 4.33.